The van der Waals surface area contributed by atoms with Crippen molar-refractivity contribution in [2.75, 3.05) is 12.4 Å². The molecule has 0 fully saturated rings. The van der Waals surface area contributed by atoms with E-state index in [1.807, 2.05) is 0 Å². The third kappa shape index (κ3) is 12.4. The first-order valence-electron chi connectivity index (χ1n) is 7.49. The van der Waals surface area contributed by atoms with Crippen LogP contribution in [0.1, 0.15) is 78.1 Å². The van der Waals surface area contributed by atoms with Crippen molar-refractivity contribution in [1.29, 1.82) is 0 Å². The minimum atomic E-state index is -3.26. The molecule has 0 spiro atoms. The van der Waals surface area contributed by atoms with E-state index in [2.05, 4.69) is 13.8 Å². The van der Waals surface area contributed by atoms with E-state index in [1.165, 1.54) is 32.1 Å². The largest absolute Gasteiger partial charge is 0.270 e. The van der Waals surface area contributed by atoms with Gasteiger partial charge in [0.1, 0.15) is 0 Å². The van der Waals surface area contributed by atoms with Crippen molar-refractivity contribution in [3.8, 4) is 0 Å². The first-order chi connectivity index (χ1) is 8.62. The molecule has 0 aromatic heterocycles. The molecule has 0 rings (SSSR count). The van der Waals surface area contributed by atoms with Gasteiger partial charge in [-0.05, 0) is 12.8 Å². The van der Waals surface area contributed by atoms with Crippen molar-refractivity contribution in [3.05, 3.63) is 0 Å². The predicted molar refractivity (Wildman–Crippen MR) is 77.3 cm³/mol. The summed E-state index contributed by atoms with van der Waals surface area (Å²) in [5, 5.41) is 0. The van der Waals surface area contributed by atoms with Crippen LogP contribution >= 0.6 is 0 Å². The molecule has 0 saturated carbocycles. The highest BCUT2D eigenvalue weighted by atomic mass is 32.2. The second-order valence-electron chi connectivity index (χ2n) is 4.91. The molecule has 4 heteroatoms. The molecular formula is C14H30O3S. The Morgan fingerprint density at radius 1 is 0.722 bits per heavy atom. The summed E-state index contributed by atoms with van der Waals surface area (Å²) in [5.74, 6) is 0.186. The lowest BCUT2D eigenvalue weighted by molar-refractivity contribution is 0.305. The Morgan fingerprint density at radius 3 is 1.78 bits per heavy atom. The van der Waals surface area contributed by atoms with Crippen molar-refractivity contribution in [2.24, 2.45) is 0 Å². The smallest absolute Gasteiger partial charge is 0.267 e. The predicted octanol–water partition coefficient (Wildman–Crippen LogP) is 4.27. The molecule has 0 saturated heterocycles. The molecule has 0 unspecified atom stereocenters. The highest BCUT2D eigenvalue weighted by molar-refractivity contribution is 7.86. The van der Waals surface area contributed by atoms with Gasteiger partial charge in [0.25, 0.3) is 10.1 Å². The monoisotopic (exact) mass is 278 g/mol. The maximum absolute atomic E-state index is 11.5. The van der Waals surface area contributed by atoms with E-state index >= 15 is 0 Å². The Labute approximate surface area is 113 Å². The van der Waals surface area contributed by atoms with Crippen LogP contribution in [0.3, 0.4) is 0 Å². The SMILES string of the molecule is CCCCCCCOS(=O)(=O)CCCCCCC. The van der Waals surface area contributed by atoms with Crippen LogP contribution in [0, 0.1) is 0 Å². The average Bonchev–Trinajstić information content (AvgIpc) is 2.33. The lowest BCUT2D eigenvalue weighted by Gasteiger charge is -2.05. The van der Waals surface area contributed by atoms with Gasteiger partial charge in [0, 0.05) is 0 Å². The lowest BCUT2D eigenvalue weighted by atomic mass is 10.2. The Kier molecular flexibility index (Phi) is 11.9. The highest BCUT2D eigenvalue weighted by Crippen LogP contribution is 2.07. The highest BCUT2D eigenvalue weighted by Gasteiger charge is 2.09. The lowest BCUT2D eigenvalue weighted by Crippen LogP contribution is -2.11. The molecule has 0 N–H and O–H groups in total. The van der Waals surface area contributed by atoms with Gasteiger partial charge in [-0.1, -0.05) is 65.2 Å². The number of hydrogen-bond donors (Lipinski definition) is 0. The quantitative estimate of drug-likeness (QED) is 0.373. The van der Waals surface area contributed by atoms with Crippen molar-refractivity contribution < 1.29 is 12.6 Å². The summed E-state index contributed by atoms with van der Waals surface area (Å²) in [5.41, 5.74) is 0. The molecule has 110 valence electrons. The van der Waals surface area contributed by atoms with E-state index in [-0.39, 0.29) is 5.75 Å². The molecule has 0 aliphatic heterocycles. The van der Waals surface area contributed by atoms with Crippen LogP contribution in [-0.4, -0.2) is 20.8 Å². The Balaban J connectivity index is 3.43. The fraction of sp³-hybridized carbons (Fsp3) is 1.00. The number of hydrogen-bond acceptors (Lipinski definition) is 3. The summed E-state index contributed by atoms with van der Waals surface area (Å²) in [7, 11) is -3.26. The van der Waals surface area contributed by atoms with E-state index in [0.29, 0.717) is 6.61 Å². The third-order valence-electron chi connectivity index (χ3n) is 3.01. The summed E-state index contributed by atoms with van der Waals surface area (Å²) in [6.07, 6.45) is 10.8. The van der Waals surface area contributed by atoms with Gasteiger partial charge in [0.2, 0.25) is 0 Å². The van der Waals surface area contributed by atoms with E-state index in [0.717, 1.165) is 32.1 Å². The summed E-state index contributed by atoms with van der Waals surface area (Å²) >= 11 is 0. The number of rotatable bonds is 13. The summed E-state index contributed by atoms with van der Waals surface area (Å²) in [6, 6.07) is 0. The second-order valence-corrected chi connectivity index (χ2v) is 6.67. The standard InChI is InChI=1S/C14H30O3S/c1-3-5-7-9-11-13-17-18(15,16)14-12-10-8-6-4-2/h3-14H2,1-2H3. The first kappa shape index (κ1) is 17.9. The van der Waals surface area contributed by atoms with Gasteiger partial charge in [-0.3, -0.25) is 4.18 Å². The fourth-order valence-electron chi connectivity index (χ4n) is 1.83. The molecule has 0 atom stereocenters. The van der Waals surface area contributed by atoms with Crippen molar-refractivity contribution >= 4 is 10.1 Å². The van der Waals surface area contributed by atoms with Crippen LogP contribution in [0.25, 0.3) is 0 Å². The Hall–Kier alpha value is -0.0900. The van der Waals surface area contributed by atoms with E-state index in [4.69, 9.17) is 4.18 Å². The van der Waals surface area contributed by atoms with Crippen LogP contribution in [0.15, 0.2) is 0 Å². The molecule has 0 aliphatic carbocycles. The van der Waals surface area contributed by atoms with Crippen molar-refractivity contribution in [1.82, 2.24) is 0 Å². The van der Waals surface area contributed by atoms with Crippen LogP contribution in [0.2, 0.25) is 0 Å². The molecule has 0 radical (unpaired) electrons. The van der Waals surface area contributed by atoms with Crippen LogP contribution in [0.4, 0.5) is 0 Å². The fourth-order valence-corrected chi connectivity index (χ4v) is 2.88. The molecular weight excluding hydrogens is 248 g/mol. The number of unbranched alkanes of at least 4 members (excludes halogenated alkanes) is 8. The minimum absolute atomic E-state index is 0.186. The van der Waals surface area contributed by atoms with Gasteiger partial charge in [0.15, 0.2) is 0 Å². The third-order valence-corrected chi connectivity index (χ3v) is 4.32. The molecule has 0 bridgehead atoms. The summed E-state index contributed by atoms with van der Waals surface area (Å²) in [4.78, 5) is 0. The normalized spacial score (nSPS) is 11.9. The van der Waals surface area contributed by atoms with Gasteiger partial charge in [0.05, 0.1) is 12.4 Å². The zero-order valence-electron chi connectivity index (χ0n) is 12.1. The topological polar surface area (TPSA) is 43.4 Å². The minimum Gasteiger partial charge on any atom is -0.270 e. The molecule has 0 aromatic rings. The molecule has 0 aliphatic rings. The van der Waals surface area contributed by atoms with Crippen LogP contribution in [-0.2, 0) is 14.3 Å². The molecule has 0 aromatic carbocycles. The maximum Gasteiger partial charge on any atom is 0.267 e. The van der Waals surface area contributed by atoms with Gasteiger partial charge < -0.3 is 0 Å². The van der Waals surface area contributed by atoms with E-state index < -0.39 is 10.1 Å². The van der Waals surface area contributed by atoms with Crippen molar-refractivity contribution in [2.45, 2.75) is 78.1 Å². The summed E-state index contributed by atoms with van der Waals surface area (Å²) in [6.45, 7) is 4.68. The van der Waals surface area contributed by atoms with Gasteiger partial charge in [-0.2, -0.15) is 8.42 Å². The van der Waals surface area contributed by atoms with Gasteiger partial charge in [-0.15, -0.1) is 0 Å². The molecule has 0 heterocycles. The van der Waals surface area contributed by atoms with E-state index in [9.17, 15) is 8.42 Å². The maximum atomic E-state index is 11.5. The van der Waals surface area contributed by atoms with Crippen LogP contribution < -0.4 is 0 Å². The zero-order chi connectivity index (χ0) is 13.7. The second kappa shape index (κ2) is 12.0. The van der Waals surface area contributed by atoms with Gasteiger partial charge in [-0.25, -0.2) is 0 Å². The Morgan fingerprint density at radius 2 is 1.22 bits per heavy atom. The molecule has 0 amide bonds. The molecule has 18 heavy (non-hydrogen) atoms. The first-order valence-corrected chi connectivity index (χ1v) is 9.07. The molecule has 3 nitrogen and oxygen atoms in total. The summed E-state index contributed by atoms with van der Waals surface area (Å²) < 4.78 is 28.0. The van der Waals surface area contributed by atoms with Gasteiger partial charge >= 0.3 is 0 Å². The average molecular weight is 278 g/mol. The zero-order valence-corrected chi connectivity index (χ0v) is 12.9. The Bertz CT molecular complexity index is 260. The van der Waals surface area contributed by atoms with Crippen molar-refractivity contribution in [3.63, 3.8) is 0 Å². The van der Waals surface area contributed by atoms with E-state index in [1.54, 1.807) is 0 Å². The van der Waals surface area contributed by atoms with Crippen LogP contribution in [0.5, 0.6) is 0 Å².